The molecule has 3 aromatic rings. The van der Waals surface area contributed by atoms with Crippen molar-refractivity contribution < 1.29 is 9.53 Å². The smallest absolute Gasteiger partial charge is 0.329 e. The number of aromatic nitrogens is 5. The molecule has 1 fully saturated rings. The number of carbonyl (C=O) groups excluding carboxylic acids is 1. The number of aryl methyl sites for hydroxylation is 1. The summed E-state index contributed by atoms with van der Waals surface area (Å²) in [5, 5.41) is 9.17. The average Bonchev–Trinajstić information content (AvgIpc) is 3.21. The maximum Gasteiger partial charge on any atom is 0.329 e. The van der Waals surface area contributed by atoms with Crippen molar-refractivity contribution in [2.45, 2.75) is 12.1 Å². The van der Waals surface area contributed by atoms with Gasteiger partial charge in [-0.25, -0.2) is 4.79 Å². The van der Waals surface area contributed by atoms with Crippen molar-refractivity contribution >= 4 is 29.3 Å². The van der Waals surface area contributed by atoms with Crippen LogP contribution in [0.15, 0.2) is 39.0 Å². The molecule has 12 heteroatoms. The third-order valence-corrected chi connectivity index (χ3v) is 6.11. The van der Waals surface area contributed by atoms with Crippen LogP contribution < -0.4 is 21.9 Å². The van der Waals surface area contributed by atoms with Crippen LogP contribution in [0.1, 0.15) is 15.9 Å². The number of Topliss-reactive ketones (excluding diaryl/α,β-unsaturated/α-hetero) is 1. The lowest BCUT2D eigenvalue weighted by Crippen LogP contribution is -2.37. The van der Waals surface area contributed by atoms with Crippen LogP contribution in [-0.4, -0.2) is 62.2 Å². The van der Waals surface area contributed by atoms with Crippen molar-refractivity contribution in [3.63, 3.8) is 0 Å². The Labute approximate surface area is 187 Å². The summed E-state index contributed by atoms with van der Waals surface area (Å²) in [6.45, 7) is 4.55. The lowest BCUT2D eigenvalue weighted by Gasteiger charge is -2.27. The number of anilines is 2. The zero-order valence-electron chi connectivity index (χ0n) is 17.7. The molecule has 0 radical (unpaired) electrons. The second kappa shape index (κ2) is 9.01. The average molecular weight is 458 g/mol. The van der Waals surface area contributed by atoms with E-state index in [-0.39, 0.29) is 17.1 Å². The molecule has 0 atom stereocenters. The summed E-state index contributed by atoms with van der Waals surface area (Å²) in [5.41, 5.74) is 6.11. The predicted molar refractivity (Wildman–Crippen MR) is 121 cm³/mol. The van der Waals surface area contributed by atoms with E-state index in [2.05, 4.69) is 20.1 Å². The number of ether oxygens (including phenoxy) is 1. The molecular weight excluding hydrogens is 434 g/mol. The van der Waals surface area contributed by atoms with E-state index in [0.717, 1.165) is 27.6 Å². The second-order valence-electron chi connectivity index (χ2n) is 7.34. The monoisotopic (exact) mass is 457 g/mol. The number of morpholine rings is 1. The fraction of sp³-hybridized carbons (Fsp3) is 0.350. The summed E-state index contributed by atoms with van der Waals surface area (Å²) in [6, 6.07) is 7.90. The van der Waals surface area contributed by atoms with Crippen LogP contribution in [0.2, 0.25) is 0 Å². The standard InChI is InChI=1S/C20H23N7O4S/c1-12-3-5-13(6-4-12)27-18(26-7-9-31-10-8-26)23-24-20(27)32-11-14(28)15-16(21)25(2)19(30)22-17(15)29/h3-6H,7-11,21H2,1-2H3,(H,22,29,30). The number of nitrogens with two attached hydrogens (primary N) is 1. The predicted octanol–water partition coefficient (Wildman–Crippen LogP) is 0.357. The summed E-state index contributed by atoms with van der Waals surface area (Å²) in [7, 11) is 1.39. The molecule has 0 aliphatic carbocycles. The first-order valence-corrected chi connectivity index (χ1v) is 11.0. The summed E-state index contributed by atoms with van der Waals surface area (Å²) in [5.74, 6) is -0.112. The van der Waals surface area contributed by atoms with Crippen LogP contribution in [0.25, 0.3) is 5.69 Å². The van der Waals surface area contributed by atoms with Gasteiger partial charge in [0.1, 0.15) is 11.4 Å². The first-order chi connectivity index (χ1) is 15.4. The van der Waals surface area contributed by atoms with Crippen LogP contribution in [0.5, 0.6) is 0 Å². The van der Waals surface area contributed by atoms with Gasteiger partial charge in [-0.1, -0.05) is 29.5 Å². The Kier molecular flexibility index (Phi) is 6.15. The minimum atomic E-state index is -0.801. The first-order valence-electron chi connectivity index (χ1n) is 9.96. The number of hydrogen-bond acceptors (Lipinski definition) is 9. The van der Waals surface area contributed by atoms with Crippen molar-refractivity contribution in [2.75, 3.05) is 42.7 Å². The van der Waals surface area contributed by atoms with Crippen LogP contribution in [0, 0.1) is 6.92 Å². The number of nitrogen functional groups attached to an aromatic ring is 1. The number of H-pyrrole nitrogens is 1. The quantitative estimate of drug-likeness (QED) is 0.396. The van der Waals surface area contributed by atoms with E-state index in [9.17, 15) is 14.4 Å². The molecule has 0 spiro atoms. The molecule has 1 saturated heterocycles. The first kappa shape index (κ1) is 21.8. The molecule has 1 aliphatic heterocycles. The van der Waals surface area contributed by atoms with E-state index < -0.39 is 17.0 Å². The lowest BCUT2D eigenvalue weighted by atomic mass is 10.2. The van der Waals surface area contributed by atoms with Crippen LogP contribution in [0.3, 0.4) is 0 Å². The number of ketones is 1. The van der Waals surface area contributed by atoms with Gasteiger partial charge in [0.25, 0.3) is 5.56 Å². The molecule has 3 N–H and O–H groups in total. The number of rotatable bonds is 6. The SMILES string of the molecule is Cc1ccc(-n2c(SCC(=O)c3c(N)n(C)c(=O)[nH]c3=O)nnc2N2CCOCC2)cc1. The summed E-state index contributed by atoms with van der Waals surface area (Å²) >= 11 is 1.15. The molecule has 32 heavy (non-hydrogen) atoms. The van der Waals surface area contributed by atoms with E-state index in [1.807, 2.05) is 35.8 Å². The van der Waals surface area contributed by atoms with Gasteiger partial charge in [-0.2, -0.15) is 0 Å². The van der Waals surface area contributed by atoms with Crippen LogP contribution in [0.4, 0.5) is 11.8 Å². The number of nitrogens with one attached hydrogen (secondary N) is 1. The molecule has 0 bridgehead atoms. The van der Waals surface area contributed by atoms with Gasteiger partial charge in [0.05, 0.1) is 24.7 Å². The van der Waals surface area contributed by atoms with Crippen molar-refractivity contribution in [3.8, 4) is 5.69 Å². The van der Waals surface area contributed by atoms with E-state index in [1.54, 1.807) is 0 Å². The molecule has 0 saturated carbocycles. The van der Waals surface area contributed by atoms with Gasteiger partial charge < -0.3 is 15.4 Å². The topological polar surface area (TPSA) is 141 Å². The summed E-state index contributed by atoms with van der Waals surface area (Å²) in [6.07, 6.45) is 0. The summed E-state index contributed by atoms with van der Waals surface area (Å²) in [4.78, 5) is 40.8. The number of hydrogen-bond donors (Lipinski definition) is 2. The van der Waals surface area contributed by atoms with Crippen LogP contribution in [-0.2, 0) is 11.8 Å². The summed E-state index contributed by atoms with van der Waals surface area (Å²) < 4.78 is 8.36. The Morgan fingerprint density at radius 1 is 1.19 bits per heavy atom. The maximum absolute atomic E-state index is 12.8. The molecule has 1 aliphatic rings. The Bertz CT molecular complexity index is 1260. The molecule has 168 valence electrons. The Morgan fingerprint density at radius 3 is 2.56 bits per heavy atom. The highest BCUT2D eigenvalue weighted by Gasteiger charge is 2.24. The number of nitrogens with zero attached hydrogens (tertiary/aromatic N) is 5. The molecule has 3 heterocycles. The fourth-order valence-corrected chi connectivity index (χ4v) is 4.17. The third kappa shape index (κ3) is 4.18. The number of carbonyl (C=O) groups is 1. The van der Waals surface area contributed by atoms with Crippen molar-refractivity contribution in [1.82, 2.24) is 24.3 Å². The van der Waals surface area contributed by atoms with Crippen molar-refractivity contribution in [1.29, 1.82) is 0 Å². The van der Waals surface area contributed by atoms with E-state index >= 15 is 0 Å². The lowest BCUT2D eigenvalue weighted by molar-refractivity contribution is 0.102. The van der Waals surface area contributed by atoms with Gasteiger partial charge in [-0.3, -0.25) is 23.7 Å². The van der Waals surface area contributed by atoms with Gasteiger partial charge in [0, 0.05) is 20.1 Å². The van der Waals surface area contributed by atoms with Crippen molar-refractivity contribution in [3.05, 3.63) is 56.2 Å². The maximum atomic E-state index is 12.8. The van der Waals surface area contributed by atoms with E-state index in [4.69, 9.17) is 10.5 Å². The van der Waals surface area contributed by atoms with E-state index in [1.165, 1.54) is 7.05 Å². The second-order valence-corrected chi connectivity index (χ2v) is 8.29. The number of thioether (sulfide) groups is 1. The normalized spacial score (nSPS) is 14.0. The zero-order valence-corrected chi connectivity index (χ0v) is 18.5. The van der Waals surface area contributed by atoms with E-state index in [0.29, 0.717) is 37.4 Å². The highest BCUT2D eigenvalue weighted by Crippen LogP contribution is 2.28. The molecule has 11 nitrogen and oxygen atoms in total. The minimum Gasteiger partial charge on any atom is -0.384 e. The number of benzene rings is 1. The Hall–Kier alpha value is -3.38. The van der Waals surface area contributed by atoms with Gasteiger partial charge >= 0.3 is 5.69 Å². The zero-order chi connectivity index (χ0) is 22.8. The minimum absolute atomic E-state index is 0.0986. The van der Waals surface area contributed by atoms with Gasteiger partial charge in [-0.15, -0.1) is 10.2 Å². The largest absolute Gasteiger partial charge is 0.384 e. The number of aromatic amines is 1. The third-order valence-electron chi connectivity index (χ3n) is 5.18. The Morgan fingerprint density at radius 2 is 1.88 bits per heavy atom. The molecule has 0 unspecified atom stereocenters. The van der Waals surface area contributed by atoms with Crippen LogP contribution >= 0.6 is 11.8 Å². The highest BCUT2D eigenvalue weighted by atomic mass is 32.2. The highest BCUT2D eigenvalue weighted by molar-refractivity contribution is 7.99. The Balaban J connectivity index is 1.65. The van der Waals surface area contributed by atoms with Crippen molar-refractivity contribution in [2.24, 2.45) is 7.05 Å². The van der Waals surface area contributed by atoms with Gasteiger partial charge in [0.2, 0.25) is 5.95 Å². The van der Waals surface area contributed by atoms with Gasteiger partial charge in [-0.05, 0) is 19.1 Å². The fourth-order valence-electron chi connectivity index (χ4n) is 3.35. The molecule has 1 aromatic carbocycles. The molecule has 4 rings (SSSR count). The van der Waals surface area contributed by atoms with Gasteiger partial charge in [0.15, 0.2) is 10.9 Å². The molecular formula is C20H23N7O4S. The molecule has 2 aromatic heterocycles. The molecule has 0 amide bonds.